The van der Waals surface area contributed by atoms with Gasteiger partial charge in [0.15, 0.2) is 11.5 Å². The highest BCUT2D eigenvalue weighted by Crippen LogP contribution is 2.27. The quantitative estimate of drug-likeness (QED) is 0.584. The first-order valence-electron chi connectivity index (χ1n) is 7.34. The zero-order chi connectivity index (χ0) is 16.8. The summed E-state index contributed by atoms with van der Waals surface area (Å²) in [6.07, 6.45) is 1.89. The van der Waals surface area contributed by atoms with Crippen molar-refractivity contribution >= 4 is 18.1 Å². The number of rotatable bonds is 7. The van der Waals surface area contributed by atoms with Gasteiger partial charge in [-0.25, -0.2) is 0 Å². The largest absolute Gasteiger partial charge is 0.493 e. The van der Waals surface area contributed by atoms with Crippen molar-refractivity contribution in [2.45, 2.75) is 25.4 Å². The van der Waals surface area contributed by atoms with Crippen LogP contribution in [0.4, 0.5) is 0 Å². The third kappa shape index (κ3) is 3.80. The van der Waals surface area contributed by atoms with E-state index in [1.165, 1.54) is 12.0 Å². The van der Waals surface area contributed by atoms with E-state index in [-0.39, 0.29) is 6.54 Å². The van der Waals surface area contributed by atoms with Crippen molar-refractivity contribution in [1.29, 1.82) is 0 Å². The molecular formula is C16H20N2O5. The summed E-state index contributed by atoms with van der Waals surface area (Å²) in [5, 5.41) is 2.58. The van der Waals surface area contributed by atoms with E-state index in [2.05, 4.69) is 5.32 Å². The Kier molecular flexibility index (Phi) is 5.56. The maximum Gasteiger partial charge on any atom is 0.289 e. The molecule has 1 unspecified atom stereocenters. The lowest BCUT2D eigenvalue weighted by molar-refractivity contribution is -0.141. The van der Waals surface area contributed by atoms with E-state index in [9.17, 15) is 14.4 Å². The summed E-state index contributed by atoms with van der Waals surface area (Å²) in [5.41, 5.74) is 0.780. The number of ether oxygens (including phenoxy) is 2. The minimum Gasteiger partial charge on any atom is -0.493 e. The van der Waals surface area contributed by atoms with Crippen LogP contribution in [-0.4, -0.2) is 49.8 Å². The van der Waals surface area contributed by atoms with Gasteiger partial charge in [-0.2, -0.15) is 0 Å². The fourth-order valence-corrected chi connectivity index (χ4v) is 2.61. The molecular weight excluding hydrogens is 300 g/mol. The number of likely N-dealkylation sites (tertiary alicyclic amines) is 1. The lowest BCUT2D eigenvalue weighted by Crippen LogP contribution is -2.43. The molecule has 0 radical (unpaired) electrons. The first-order chi connectivity index (χ1) is 11.1. The van der Waals surface area contributed by atoms with Gasteiger partial charge in [-0.3, -0.25) is 14.4 Å². The van der Waals surface area contributed by atoms with Crippen LogP contribution in [0.15, 0.2) is 18.2 Å². The smallest absolute Gasteiger partial charge is 0.289 e. The van der Waals surface area contributed by atoms with Crippen LogP contribution in [-0.2, 0) is 20.9 Å². The van der Waals surface area contributed by atoms with Crippen molar-refractivity contribution in [3.63, 3.8) is 0 Å². The minimum atomic E-state index is -0.682. The first-order valence-corrected chi connectivity index (χ1v) is 7.34. The van der Waals surface area contributed by atoms with Crippen molar-refractivity contribution in [3.05, 3.63) is 23.8 Å². The van der Waals surface area contributed by atoms with Gasteiger partial charge in [-0.15, -0.1) is 0 Å². The third-order valence-electron chi connectivity index (χ3n) is 3.86. The predicted molar refractivity (Wildman–Crippen MR) is 82.2 cm³/mol. The molecule has 0 aromatic heterocycles. The van der Waals surface area contributed by atoms with E-state index in [1.54, 1.807) is 25.3 Å². The number of ketones is 1. The fraction of sp³-hybridized carbons (Fsp3) is 0.438. The van der Waals surface area contributed by atoms with Gasteiger partial charge in [0.2, 0.25) is 12.2 Å². The molecule has 1 fully saturated rings. The summed E-state index contributed by atoms with van der Waals surface area (Å²) in [4.78, 5) is 36.3. The maximum atomic E-state index is 12.1. The van der Waals surface area contributed by atoms with E-state index in [4.69, 9.17) is 9.47 Å². The van der Waals surface area contributed by atoms with Crippen LogP contribution >= 0.6 is 0 Å². The second kappa shape index (κ2) is 7.62. The average molecular weight is 320 g/mol. The number of methoxy groups -OCH3 is 2. The van der Waals surface area contributed by atoms with Crippen LogP contribution in [0, 0.1) is 0 Å². The lowest BCUT2D eigenvalue weighted by atomic mass is 10.1. The molecule has 0 saturated carbocycles. The van der Waals surface area contributed by atoms with E-state index in [1.807, 2.05) is 0 Å². The van der Waals surface area contributed by atoms with Gasteiger partial charge in [0.1, 0.15) is 0 Å². The van der Waals surface area contributed by atoms with Gasteiger partial charge in [-0.05, 0) is 30.5 Å². The van der Waals surface area contributed by atoms with Gasteiger partial charge in [0.25, 0.3) is 5.91 Å². The summed E-state index contributed by atoms with van der Waals surface area (Å²) in [6, 6.07) is 4.60. The normalized spacial score (nSPS) is 16.8. The molecule has 1 aliphatic heterocycles. The SMILES string of the molecule is COc1ccc(CNC(=O)C(=O)C2CCCN2C=O)cc1OC. The Balaban J connectivity index is 1.96. The minimum absolute atomic E-state index is 0.193. The number of hydrogen-bond donors (Lipinski definition) is 1. The van der Waals surface area contributed by atoms with Crippen molar-refractivity contribution in [3.8, 4) is 11.5 Å². The highest BCUT2D eigenvalue weighted by molar-refractivity contribution is 6.38. The summed E-state index contributed by atoms with van der Waals surface area (Å²) >= 11 is 0. The molecule has 1 atom stereocenters. The zero-order valence-electron chi connectivity index (χ0n) is 13.2. The Hall–Kier alpha value is -2.57. The lowest BCUT2D eigenvalue weighted by Gasteiger charge is -2.18. The summed E-state index contributed by atoms with van der Waals surface area (Å²) in [7, 11) is 3.07. The molecule has 7 heteroatoms. The number of amides is 2. The number of benzene rings is 1. The number of hydrogen-bond acceptors (Lipinski definition) is 5. The average Bonchev–Trinajstić information content (AvgIpc) is 3.07. The predicted octanol–water partition coefficient (Wildman–Crippen LogP) is 0.510. The van der Waals surface area contributed by atoms with Gasteiger partial charge in [-0.1, -0.05) is 6.07 Å². The van der Waals surface area contributed by atoms with Crippen LogP contribution in [0.3, 0.4) is 0 Å². The summed E-state index contributed by atoms with van der Waals surface area (Å²) in [6.45, 7) is 0.710. The second-order valence-corrected chi connectivity index (χ2v) is 5.24. The van der Waals surface area contributed by atoms with Gasteiger partial charge < -0.3 is 19.7 Å². The summed E-state index contributed by atoms with van der Waals surface area (Å²) in [5.74, 6) is -0.117. The first kappa shape index (κ1) is 16.8. The molecule has 0 spiro atoms. The topological polar surface area (TPSA) is 84.9 Å². The molecule has 0 aliphatic carbocycles. The molecule has 2 amide bonds. The Morgan fingerprint density at radius 1 is 1.30 bits per heavy atom. The van der Waals surface area contributed by atoms with Crippen LogP contribution < -0.4 is 14.8 Å². The molecule has 23 heavy (non-hydrogen) atoms. The molecule has 0 bridgehead atoms. The van der Waals surface area contributed by atoms with Crippen molar-refractivity contribution < 1.29 is 23.9 Å². The fourth-order valence-electron chi connectivity index (χ4n) is 2.61. The van der Waals surface area contributed by atoms with E-state index < -0.39 is 17.7 Å². The molecule has 2 rings (SSSR count). The van der Waals surface area contributed by atoms with Crippen LogP contribution in [0.5, 0.6) is 11.5 Å². The van der Waals surface area contributed by atoms with E-state index in [0.717, 1.165) is 12.0 Å². The Morgan fingerprint density at radius 3 is 2.70 bits per heavy atom. The highest BCUT2D eigenvalue weighted by Gasteiger charge is 2.33. The number of nitrogens with one attached hydrogen (secondary N) is 1. The molecule has 7 nitrogen and oxygen atoms in total. The van der Waals surface area contributed by atoms with Crippen molar-refractivity contribution in [2.24, 2.45) is 0 Å². The highest BCUT2D eigenvalue weighted by atomic mass is 16.5. The standard InChI is InChI=1S/C16H20N2O5/c1-22-13-6-5-11(8-14(13)23-2)9-17-16(21)15(20)12-4-3-7-18(12)10-19/h5-6,8,10,12H,3-4,7,9H2,1-2H3,(H,17,21). The van der Waals surface area contributed by atoms with E-state index in [0.29, 0.717) is 30.9 Å². The molecule has 1 N–H and O–H groups in total. The number of carbonyl (C=O) groups is 3. The monoisotopic (exact) mass is 320 g/mol. The van der Waals surface area contributed by atoms with Crippen LogP contribution in [0.25, 0.3) is 0 Å². The van der Waals surface area contributed by atoms with Gasteiger partial charge >= 0.3 is 0 Å². The van der Waals surface area contributed by atoms with Gasteiger partial charge in [0.05, 0.1) is 20.3 Å². The second-order valence-electron chi connectivity index (χ2n) is 5.24. The molecule has 1 aromatic carbocycles. The molecule has 1 saturated heterocycles. The Morgan fingerprint density at radius 2 is 2.04 bits per heavy atom. The van der Waals surface area contributed by atoms with Crippen LogP contribution in [0.1, 0.15) is 18.4 Å². The maximum absolute atomic E-state index is 12.1. The summed E-state index contributed by atoms with van der Waals surface area (Å²) < 4.78 is 10.3. The number of nitrogens with zero attached hydrogens (tertiary/aromatic N) is 1. The zero-order valence-corrected chi connectivity index (χ0v) is 13.2. The Labute approximate surface area is 134 Å². The molecule has 1 heterocycles. The number of carbonyl (C=O) groups excluding carboxylic acids is 3. The van der Waals surface area contributed by atoms with Crippen molar-refractivity contribution in [2.75, 3.05) is 20.8 Å². The third-order valence-corrected chi connectivity index (χ3v) is 3.86. The molecule has 1 aliphatic rings. The van der Waals surface area contributed by atoms with Crippen LogP contribution in [0.2, 0.25) is 0 Å². The van der Waals surface area contributed by atoms with Crippen molar-refractivity contribution in [1.82, 2.24) is 10.2 Å². The van der Waals surface area contributed by atoms with Gasteiger partial charge in [0, 0.05) is 13.1 Å². The molecule has 1 aromatic rings. The molecule has 124 valence electrons. The number of Topliss-reactive ketones (excluding diaryl/α,β-unsaturated/α-hetero) is 1. The van der Waals surface area contributed by atoms with E-state index >= 15 is 0 Å². The Bertz CT molecular complexity index is 602.